The standard InChI is InChI=1S/C12H28NO3P/c1-3-5-6-7-10-13-11-8-9-12-17(14,15)16-4-2/h13H,3-12H2,1-2H3,(H,14,15). The average Bonchev–Trinajstić information content (AvgIpc) is 2.27. The van der Waals surface area contributed by atoms with E-state index < -0.39 is 7.60 Å². The molecule has 0 saturated carbocycles. The van der Waals surface area contributed by atoms with E-state index in [0.717, 1.165) is 25.9 Å². The maximum atomic E-state index is 11.3. The largest absolute Gasteiger partial charge is 0.328 e. The molecule has 0 aliphatic carbocycles. The first-order valence-corrected chi connectivity index (χ1v) is 8.55. The number of unbranched alkanes of at least 4 members (excludes halogenated alkanes) is 4. The lowest BCUT2D eigenvalue weighted by atomic mass is 10.2. The van der Waals surface area contributed by atoms with Crippen molar-refractivity contribution in [1.29, 1.82) is 0 Å². The van der Waals surface area contributed by atoms with Crippen LogP contribution in [0.5, 0.6) is 0 Å². The maximum Gasteiger partial charge on any atom is 0.328 e. The van der Waals surface area contributed by atoms with Crippen LogP contribution in [0.3, 0.4) is 0 Å². The van der Waals surface area contributed by atoms with E-state index in [9.17, 15) is 9.46 Å². The lowest BCUT2D eigenvalue weighted by Gasteiger charge is -2.10. The zero-order valence-electron chi connectivity index (χ0n) is 11.3. The number of rotatable bonds is 12. The van der Waals surface area contributed by atoms with Gasteiger partial charge in [0.1, 0.15) is 0 Å². The van der Waals surface area contributed by atoms with Crippen LogP contribution < -0.4 is 5.32 Å². The lowest BCUT2D eigenvalue weighted by molar-refractivity contribution is 0.273. The summed E-state index contributed by atoms with van der Waals surface area (Å²) in [4.78, 5) is 9.33. The van der Waals surface area contributed by atoms with Gasteiger partial charge in [-0.1, -0.05) is 26.2 Å². The Morgan fingerprint density at radius 1 is 1.06 bits per heavy atom. The number of nitrogens with one attached hydrogen (secondary N) is 1. The Morgan fingerprint density at radius 2 is 1.71 bits per heavy atom. The molecule has 0 aromatic carbocycles. The van der Waals surface area contributed by atoms with Crippen LogP contribution in [0.1, 0.15) is 52.4 Å². The van der Waals surface area contributed by atoms with Gasteiger partial charge < -0.3 is 14.7 Å². The molecule has 5 heteroatoms. The molecule has 0 aliphatic heterocycles. The fourth-order valence-corrected chi connectivity index (χ4v) is 2.79. The second-order valence-electron chi connectivity index (χ2n) is 4.30. The molecule has 0 heterocycles. The van der Waals surface area contributed by atoms with Crippen molar-refractivity contribution >= 4 is 7.60 Å². The number of hydrogen-bond donors (Lipinski definition) is 2. The van der Waals surface area contributed by atoms with Crippen LogP contribution >= 0.6 is 7.60 Å². The highest BCUT2D eigenvalue weighted by Crippen LogP contribution is 2.42. The zero-order chi connectivity index (χ0) is 13.0. The molecule has 0 aromatic rings. The van der Waals surface area contributed by atoms with Gasteiger partial charge in [-0.2, -0.15) is 0 Å². The fraction of sp³-hybridized carbons (Fsp3) is 1.00. The highest BCUT2D eigenvalue weighted by molar-refractivity contribution is 7.52. The second kappa shape index (κ2) is 11.2. The van der Waals surface area contributed by atoms with Crippen molar-refractivity contribution in [3.63, 3.8) is 0 Å². The van der Waals surface area contributed by atoms with Crippen LogP contribution in [0.2, 0.25) is 0 Å². The summed E-state index contributed by atoms with van der Waals surface area (Å²) in [7, 11) is -3.29. The third-order valence-corrected chi connectivity index (χ3v) is 4.13. The van der Waals surface area contributed by atoms with E-state index in [2.05, 4.69) is 12.2 Å². The van der Waals surface area contributed by atoms with Gasteiger partial charge in [-0.3, -0.25) is 4.57 Å². The zero-order valence-corrected chi connectivity index (χ0v) is 12.2. The van der Waals surface area contributed by atoms with Gasteiger partial charge in [-0.15, -0.1) is 0 Å². The summed E-state index contributed by atoms with van der Waals surface area (Å²) in [6.45, 7) is 6.24. The van der Waals surface area contributed by atoms with Crippen molar-refractivity contribution in [3.8, 4) is 0 Å². The summed E-state index contributed by atoms with van der Waals surface area (Å²) < 4.78 is 16.1. The summed E-state index contributed by atoms with van der Waals surface area (Å²) >= 11 is 0. The molecule has 0 spiro atoms. The van der Waals surface area contributed by atoms with E-state index in [1.54, 1.807) is 6.92 Å². The Hall–Kier alpha value is 0.110. The molecule has 4 nitrogen and oxygen atoms in total. The van der Waals surface area contributed by atoms with E-state index in [4.69, 9.17) is 4.52 Å². The van der Waals surface area contributed by atoms with Crippen LogP contribution in [-0.4, -0.2) is 30.8 Å². The van der Waals surface area contributed by atoms with Gasteiger partial charge in [0.2, 0.25) is 0 Å². The van der Waals surface area contributed by atoms with E-state index in [1.807, 2.05) is 0 Å². The summed E-state index contributed by atoms with van der Waals surface area (Å²) in [5, 5.41) is 3.35. The third kappa shape index (κ3) is 12.4. The van der Waals surface area contributed by atoms with Crippen LogP contribution in [0, 0.1) is 0 Å². The molecule has 1 unspecified atom stereocenters. The van der Waals surface area contributed by atoms with Gasteiger partial charge >= 0.3 is 7.60 Å². The highest BCUT2D eigenvalue weighted by atomic mass is 31.2. The Bertz CT molecular complexity index is 212. The molecule has 17 heavy (non-hydrogen) atoms. The van der Waals surface area contributed by atoms with Gasteiger partial charge in [0.15, 0.2) is 0 Å². The smallest absolute Gasteiger partial charge is 0.324 e. The molecular weight excluding hydrogens is 237 g/mol. The minimum atomic E-state index is -3.29. The van der Waals surface area contributed by atoms with Crippen molar-refractivity contribution < 1.29 is 14.0 Å². The third-order valence-electron chi connectivity index (χ3n) is 2.58. The molecule has 0 fully saturated rings. The second-order valence-corrected chi connectivity index (χ2v) is 6.28. The molecular formula is C12H28NO3P. The van der Waals surface area contributed by atoms with Crippen molar-refractivity contribution in [1.82, 2.24) is 5.32 Å². The first-order valence-electron chi connectivity index (χ1n) is 6.79. The molecule has 104 valence electrons. The van der Waals surface area contributed by atoms with E-state index in [0.29, 0.717) is 6.61 Å². The summed E-state index contributed by atoms with van der Waals surface area (Å²) in [6.07, 6.45) is 7.05. The van der Waals surface area contributed by atoms with Crippen LogP contribution in [0.25, 0.3) is 0 Å². The predicted octanol–water partition coefficient (Wildman–Crippen LogP) is 3.16. The first kappa shape index (κ1) is 17.1. The Balaban J connectivity index is 3.21. The van der Waals surface area contributed by atoms with Crippen molar-refractivity contribution in [3.05, 3.63) is 0 Å². The molecule has 1 atom stereocenters. The molecule has 0 bridgehead atoms. The monoisotopic (exact) mass is 265 g/mol. The highest BCUT2D eigenvalue weighted by Gasteiger charge is 2.16. The quantitative estimate of drug-likeness (QED) is 0.420. The van der Waals surface area contributed by atoms with Crippen LogP contribution in [-0.2, 0) is 9.09 Å². The lowest BCUT2D eigenvalue weighted by Crippen LogP contribution is -2.16. The predicted molar refractivity (Wildman–Crippen MR) is 72.6 cm³/mol. The van der Waals surface area contributed by atoms with Crippen molar-refractivity contribution in [2.24, 2.45) is 0 Å². The van der Waals surface area contributed by atoms with Gasteiger partial charge in [-0.25, -0.2) is 0 Å². The Morgan fingerprint density at radius 3 is 2.29 bits per heavy atom. The van der Waals surface area contributed by atoms with E-state index in [1.165, 1.54) is 25.7 Å². The summed E-state index contributed by atoms with van der Waals surface area (Å²) in [5.74, 6) is 0. The van der Waals surface area contributed by atoms with Crippen LogP contribution in [0.15, 0.2) is 0 Å². The molecule has 0 radical (unpaired) electrons. The number of hydrogen-bond acceptors (Lipinski definition) is 3. The first-order chi connectivity index (χ1) is 8.12. The van der Waals surface area contributed by atoms with E-state index in [-0.39, 0.29) is 6.16 Å². The molecule has 2 N–H and O–H groups in total. The van der Waals surface area contributed by atoms with Crippen molar-refractivity contribution in [2.75, 3.05) is 25.9 Å². The topological polar surface area (TPSA) is 58.6 Å². The SMILES string of the molecule is CCCCCCNCCCCP(=O)(O)OCC. The van der Waals surface area contributed by atoms with Gasteiger partial charge in [0.05, 0.1) is 12.8 Å². The van der Waals surface area contributed by atoms with E-state index >= 15 is 0 Å². The normalized spacial score (nSPS) is 14.8. The van der Waals surface area contributed by atoms with Gasteiger partial charge in [-0.05, 0) is 39.3 Å². The molecule has 0 rings (SSSR count). The Kier molecular flexibility index (Phi) is 11.3. The maximum absolute atomic E-state index is 11.3. The molecule has 0 aromatic heterocycles. The fourth-order valence-electron chi connectivity index (χ4n) is 1.63. The van der Waals surface area contributed by atoms with Crippen LogP contribution in [0.4, 0.5) is 0 Å². The Labute approximate surface area is 106 Å². The molecule has 0 aliphatic rings. The molecule has 0 saturated heterocycles. The molecule has 0 amide bonds. The summed E-state index contributed by atoms with van der Waals surface area (Å²) in [5.41, 5.74) is 0. The van der Waals surface area contributed by atoms with Crippen molar-refractivity contribution in [2.45, 2.75) is 52.4 Å². The van der Waals surface area contributed by atoms with Gasteiger partial charge in [0, 0.05) is 0 Å². The van der Waals surface area contributed by atoms with Gasteiger partial charge in [0.25, 0.3) is 0 Å². The minimum absolute atomic E-state index is 0.276. The average molecular weight is 265 g/mol. The summed E-state index contributed by atoms with van der Waals surface area (Å²) in [6, 6.07) is 0. The minimum Gasteiger partial charge on any atom is -0.324 e.